The predicted molar refractivity (Wildman–Crippen MR) is 80.9 cm³/mol. The van der Waals surface area contributed by atoms with Crippen LogP contribution in [0.5, 0.6) is 0 Å². The van der Waals surface area contributed by atoms with Gasteiger partial charge in [-0.1, -0.05) is 6.92 Å². The normalized spacial score (nSPS) is 12.2. The molecule has 1 heterocycles. The maximum Gasteiger partial charge on any atom is 0.340 e. The summed E-state index contributed by atoms with van der Waals surface area (Å²) in [4.78, 5) is 18.0. The molecule has 6 heteroatoms. The number of anilines is 2. The smallest absolute Gasteiger partial charge is 0.340 e. The number of likely N-dealkylation sites (N-methyl/N-ethyl adjacent to an activating group) is 1. The Morgan fingerprint density at radius 1 is 1.60 bits per heavy atom. The molecule has 0 aliphatic carbocycles. The molecule has 0 aromatic carbocycles. The Labute approximate surface area is 120 Å². The quantitative estimate of drug-likeness (QED) is 0.738. The number of carbonyl (C=O) groups excluding carboxylic acids is 1. The number of ether oxygens (including phenoxy) is 1. The molecule has 0 fully saturated rings. The lowest BCUT2D eigenvalue weighted by Crippen LogP contribution is -2.32. The highest BCUT2D eigenvalue weighted by Gasteiger charge is 2.12. The van der Waals surface area contributed by atoms with Crippen LogP contribution in [-0.4, -0.2) is 49.1 Å². The van der Waals surface area contributed by atoms with E-state index in [0.717, 1.165) is 19.5 Å². The van der Waals surface area contributed by atoms with Gasteiger partial charge in [0.25, 0.3) is 0 Å². The van der Waals surface area contributed by atoms with E-state index in [2.05, 4.69) is 40.8 Å². The first-order valence-corrected chi connectivity index (χ1v) is 6.77. The number of nitrogens with one attached hydrogen (secondary N) is 1. The molecule has 112 valence electrons. The zero-order valence-electron chi connectivity index (χ0n) is 12.6. The summed E-state index contributed by atoms with van der Waals surface area (Å²) < 4.78 is 4.68. The lowest BCUT2D eigenvalue weighted by molar-refractivity contribution is 0.0602. The summed E-state index contributed by atoms with van der Waals surface area (Å²) >= 11 is 0. The van der Waals surface area contributed by atoms with E-state index >= 15 is 0 Å². The molecule has 0 aliphatic rings. The minimum absolute atomic E-state index is 0.319. The highest BCUT2D eigenvalue weighted by atomic mass is 16.5. The fourth-order valence-corrected chi connectivity index (χ4v) is 1.74. The van der Waals surface area contributed by atoms with Crippen LogP contribution in [0.4, 0.5) is 11.5 Å². The molecule has 1 aromatic rings. The molecule has 0 amide bonds. The van der Waals surface area contributed by atoms with Crippen LogP contribution < -0.4 is 11.1 Å². The first-order chi connectivity index (χ1) is 9.49. The van der Waals surface area contributed by atoms with E-state index in [1.165, 1.54) is 13.3 Å². The van der Waals surface area contributed by atoms with E-state index in [9.17, 15) is 4.79 Å². The number of aromatic nitrogens is 1. The Kier molecular flexibility index (Phi) is 6.24. The van der Waals surface area contributed by atoms with Crippen LogP contribution in [0.25, 0.3) is 0 Å². The fraction of sp³-hybridized carbons (Fsp3) is 0.571. The summed E-state index contributed by atoms with van der Waals surface area (Å²) in [5.41, 5.74) is 6.35. The third-order valence-corrected chi connectivity index (χ3v) is 3.45. The standard InChI is InChI=1S/C14H24N4O2/c1-5-10(2)18(3)7-6-16-13-8-11(14(19)20-4)12(15)9-17-13/h8-10H,5-7,15H2,1-4H3,(H,16,17). The van der Waals surface area contributed by atoms with Gasteiger partial charge in [0.2, 0.25) is 0 Å². The second-order valence-electron chi connectivity index (χ2n) is 4.81. The minimum atomic E-state index is -0.454. The van der Waals surface area contributed by atoms with E-state index in [0.29, 0.717) is 23.1 Å². The molecule has 20 heavy (non-hydrogen) atoms. The van der Waals surface area contributed by atoms with Crippen LogP contribution in [0.15, 0.2) is 12.3 Å². The Bertz CT molecular complexity index is 451. The lowest BCUT2D eigenvalue weighted by Gasteiger charge is -2.23. The van der Waals surface area contributed by atoms with Gasteiger partial charge < -0.3 is 20.7 Å². The van der Waals surface area contributed by atoms with Crippen molar-refractivity contribution in [3.8, 4) is 0 Å². The molecule has 0 bridgehead atoms. The minimum Gasteiger partial charge on any atom is -0.465 e. The zero-order valence-corrected chi connectivity index (χ0v) is 12.6. The number of nitrogens with two attached hydrogens (primary N) is 1. The van der Waals surface area contributed by atoms with Crippen LogP contribution in [0.3, 0.4) is 0 Å². The number of rotatable bonds is 7. The van der Waals surface area contributed by atoms with Gasteiger partial charge in [-0.15, -0.1) is 0 Å². The van der Waals surface area contributed by atoms with Crippen molar-refractivity contribution in [3.63, 3.8) is 0 Å². The summed E-state index contributed by atoms with van der Waals surface area (Å²) in [5, 5.41) is 3.18. The maximum absolute atomic E-state index is 11.5. The van der Waals surface area contributed by atoms with E-state index < -0.39 is 5.97 Å². The summed E-state index contributed by atoms with van der Waals surface area (Å²) in [6, 6.07) is 2.16. The van der Waals surface area contributed by atoms with Crippen LogP contribution >= 0.6 is 0 Å². The van der Waals surface area contributed by atoms with Gasteiger partial charge in [0.15, 0.2) is 0 Å². The molecule has 1 unspecified atom stereocenters. The molecule has 0 saturated heterocycles. The van der Waals surface area contributed by atoms with Crippen LogP contribution in [0, 0.1) is 0 Å². The largest absolute Gasteiger partial charge is 0.465 e. The topological polar surface area (TPSA) is 80.5 Å². The maximum atomic E-state index is 11.5. The van der Waals surface area contributed by atoms with E-state index in [-0.39, 0.29) is 0 Å². The third kappa shape index (κ3) is 4.38. The lowest BCUT2D eigenvalue weighted by atomic mass is 10.2. The second kappa shape index (κ2) is 7.69. The number of hydrogen-bond acceptors (Lipinski definition) is 6. The Morgan fingerprint density at radius 3 is 2.90 bits per heavy atom. The van der Waals surface area contributed by atoms with Gasteiger partial charge in [0.05, 0.1) is 24.6 Å². The zero-order chi connectivity index (χ0) is 15.1. The van der Waals surface area contributed by atoms with Gasteiger partial charge in [-0.3, -0.25) is 0 Å². The van der Waals surface area contributed by atoms with Crippen molar-refractivity contribution in [2.75, 3.05) is 38.3 Å². The first-order valence-electron chi connectivity index (χ1n) is 6.77. The molecule has 6 nitrogen and oxygen atoms in total. The first kappa shape index (κ1) is 16.2. The number of nitrogen functional groups attached to an aromatic ring is 1. The fourth-order valence-electron chi connectivity index (χ4n) is 1.74. The molecular formula is C14H24N4O2. The van der Waals surface area contributed by atoms with Crippen molar-refractivity contribution in [3.05, 3.63) is 17.8 Å². The molecule has 0 aliphatic heterocycles. The van der Waals surface area contributed by atoms with Crippen molar-refractivity contribution in [2.45, 2.75) is 26.3 Å². The molecule has 0 saturated carbocycles. The van der Waals surface area contributed by atoms with Crippen molar-refractivity contribution in [1.82, 2.24) is 9.88 Å². The van der Waals surface area contributed by atoms with E-state index in [4.69, 9.17) is 5.73 Å². The van der Waals surface area contributed by atoms with Gasteiger partial charge in [-0.05, 0) is 26.5 Å². The molecule has 0 radical (unpaired) electrons. The van der Waals surface area contributed by atoms with E-state index in [1.54, 1.807) is 6.07 Å². The van der Waals surface area contributed by atoms with Gasteiger partial charge >= 0.3 is 5.97 Å². The van der Waals surface area contributed by atoms with Gasteiger partial charge in [-0.2, -0.15) is 0 Å². The van der Waals surface area contributed by atoms with Crippen molar-refractivity contribution in [2.24, 2.45) is 0 Å². The average molecular weight is 280 g/mol. The number of pyridine rings is 1. The molecular weight excluding hydrogens is 256 g/mol. The molecule has 1 rings (SSSR count). The van der Waals surface area contributed by atoms with Crippen LogP contribution in [-0.2, 0) is 4.74 Å². The molecule has 1 aromatic heterocycles. The third-order valence-electron chi connectivity index (χ3n) is 3.45. The van der Waals surface area contributed by atoms with Gasteiger partial charge in [0, 0.05) is 19.1 Å². The number of carbonyl (C=O) groups is 1. The average Bonchev–Trinajstić information content (AvgIpc) is 2.47. The van der Waals surface area contributed by atoms with Gasteiger partial charge in [0.1, 0.15) is 5.82 Å². The van der Waals surface area contributed by atoms with Crippen molar-refractivity contribution < 1.29 is 9.53 Å². The van der Waals surface area contributed by atoms with Crippen LogP contribution in [0.1, 0.15) is 30.6 Å². The summed E-state index contributed by atoms with van der Waals surface area (Å²) in [6.45, 7) is 6.00. The van der Waals surface area contributed by atoms with E-state index in [1.807, 2.05) is 0 Å². The molecule has 1 atom stereocenters. The molecule has 0 spiro atoms. The predicted octanol–water partition coefficient (Wildman–Crippen LogP) is 1.59. The summed E-state index contributed by atoms with van der Waals surface area (Å²) in [7, 11) is 3.42. The molecule has 3 N–H and O–H groups in total. The number of hydrogen-bond donors (Lipinski definition) is 2. The number of nitrogens with zero attached hydrogens (tertiary/aromatic N) is 2. The highest BCUT2D eigenvalue weighted by Crippen LogP contribution is 2.15. The Balaban J connectivity index is 2.59. The highest BCUT2D eigenvalue weighted by molar-refractivity contribution is 5.95. The Morgan fingerprint density at radius 2 is 2.30 bits per heavy atom. The number of esters is 1. The van der Waals surface area contributed by atoms with Crippen molar-refractivity contribution >= 4 is 17.5 Å². The summed E-state index contributed by atoms with van der Waals surface area (Å²) in [5.74, 6) is 0.168. The van der Waals surface area contributed by atoms with Gasteiger partial charge in [-0.25, -0.2) is 9.78 Å². The monoisotopic (exact) mass is 280 g/mol. The number of methoxy groups -OCH3 is 1. The second-order valence-corrected chi connectivity index (χ2v) is 4.81. The Hall–Kier alpha value is -1.82. The SMILES string of the molecule is CCC(C)N(C)CCNc1cc(C(=O)OC)c(N)cn1. The summed E-state index contributed by atoms with van der Waals surface area (Å²) in [6.07, 6.45) is 2.58. The van der Waals surface area contributed by atoms with Crippen LogP contribution in [0.2, 0.25) is 0 Å². The van der Waals surface area contributed by atoms with Crippen molar-refractivity contribution in [1.29, 1.82) is 0 Å².